The van der Waals surface area contributed by atoms with Crippen LogP contribution in [-0.4, -0.2) is 51.8 Å². The average molecular weight is 286 g/mol. The monoisotopic (exact) mass is 286 g/mol. The minimum absolute atomic E-state index is 0.318. The van der Waals surface area contributed by atoms with Crippen LogP contribution in [0.4, 0.5) is 4.79 Å². The molecule has 0 bridgehead atoms. The van der Waals surface area contributed by atoms with Crippen molar-refractivity contribution in [2.75, 3.05) is 6.54 Å². The molecule has 20 heavy (non-hydrogen) atoms. The third-order valence-electron chi connectivity index (χ3n) is 2.76. The van der Waals surface area contributed by atoms with E-state index in [-0.39, 0.29) is 5.91 Å². The number of hydrogen-bond acceptors (Lipinski definition) is 4. The topological polar surface area (TPSA) is 78.9 Å². The first-order valence-electron chi connectivity index (χ1n) is 6.90. The number of ether oxygens (including phenoxy) is 1. The number of nitrogens with one attached hydrogen (secondary N) is 1. The van der Waals surface area contributed by atoms with Gasteiger partial charge < -0.3 is 15.2 Å². The van der Waals surface area contributed by atoms with Crippen LogP contribution in [0.2, 0.25) is 0 Å². The molecule has 0 saturated carbocycles. The highest BCUT2D eigenvalue weighted by atomic mass is 16.6. The molecule has 1 aliphatic heterocycles. The van der Waals surface area contributed by atoms with E-state index in [9.17, 15) is 14.7 Å². The van der Waals surface area contributed by atoms with Crippen LogP contribution in [0.3, 0.4) is 0 Å². The summed E-state index contributed by atoms with van der Waals surface area (Å²) in [7, 11) is 0. The fourth-order valence-electron chi connectivity index (χ4n) is 2.06. The van der Waals surface area contributed by atoms with Gasteiger partial charge in [-0.3, -0.25) is 9.69 Å². The molecule has 2 amide bonds. The van der Waals surface area contributed by atoms with Crippen molar-refractivity contribution < 1.29 is 19.4 Å². The maximum atomic E-state index is 12.2. The highest BCUT2D eigenvalue weighted by molar-refractivity contribution is 5.87. The molecule has 1 fully saturated rings. The summed E-state index contributed by atoms with van der Waals surface area (Å²) in [5, 5.41) is 12.8. The van der Waals surface area contributed by atoms with Crippen molar-refractivity contribution in [1.82, 2.24) is 10.2 Å². The van der Waals surface area contributed by atoms with Crippen LogP contribution < -0.4 is 5.32 Å². The molecule has 6 nitrogen and oxygen atoms in total. The Balaban J connectivity index is 2.81. The smallest absolute Gasteiger partial charge is 0.411 e. The van der Waals surface area contributed by atoms with E-state index in [1.54, 1.807) is 20.8 Å². The third kappa shape index (κ3) is 4.67. The minimum Gasteiger partial charge on any atom is -0.444 e. The summed E-state index contributed by atoms with van der Waals surface area (Å²) < 4.78 is 5.28. The van der Waals surface area contributed by atoms with Gasteiger partial charge in [0.1, 0.15) is 11.6 Å². The number of carbonyl (C=O) groups excluding carboxylic acids is 2. The summed E-state index contributed by atoms with van der Waals surface area (Å²) in [5.74, 6) is -0.353. The van der Waals surface area contributed by atoms with Gasteiger partial charge in [0.15, 0.2) is 0 Å². The normalized spacial score (nSPS) is 23.6. The zero-order valence-corrected chi connectivity index (χ0v) is 13.2. The second kappa shape index (κ2) is 5.60. The van der Waals surface area contributed by atoms with Crippen molar-refractivity contribution in [3.8, 4) is 0 Å². The predicted molar refractivity (Wildman–Crippen MR) is 75.2 cm³/mol. The number of likely N-dealkylation sites (tertiary alicyclic amines) is 1. The van der Waals surface area contributed by atoms with Gasteiger partial charge >= 0.3 is 6.09 Å². The second-order valence-corrected chi connectivity index (χ2v) is 7.21. The highest BCUT2D eigenvalue weighted by Gasteiger charge is 2.43. The van der Waals surface area contributed by atoms with Crippen molar-refractivity contribution >= 4 is 12.0 Å². The molecule has 0 aromatic rings. The van der Waals surface area contributed by atoms with Crippen LogP contribution in [0.5, 0.6) is 0 Å². The molecular formula is C14H26N2O4. The van der Waals surface area contributed by atoms with Crippen molar-refractivity contribution in [2.45, 2.75) is 71.2 Å². The lowest BCUT2D eigenvalue weighted by molar-refractivity contribution is -0.129. The average Bonchev–Trinajstić information content (AvgIpc) is 2.54. The Labute approximate surface area is 120 Å². The van der Waals surface area contributed by atoms with Crippen LogP contribution in [0.1, 0.15) is 48.0 Å². The van der Waals surface area contributed by atoms with Gasteiger partial charge in [-0.15, -0.1) is 0 Å². The first-order chi connectivity index (χ1) is 8.91. The zero-order valence-electron chi connectivity index (χ0n) is 13.2. The Morgan fingerprint density at radius 3 is 2.20 bits per heavy atom. The van der Waals surface area contributed by atoms with Crippen molar-refractivity contribution in [3.05, 3.63) is 0 Å². The van der Waals surface area contributed by atoms with E-state index in [4.69, 9.17) is 4.74 Å². The molecule has 0 aliphatic carbocycles. The van der Waals surface area contributed by atoms with Crippen molar-refractivity contribution in [3.63, 3.8) is 0 Å². The molecule has 116 valence electrons. The Bertz CT molecular complexity index is 382. The van der Waals surface area contributed by atoms with Crippen LogP contribution in [0.15, 0.2) is 0 Å². The van der Waals surface area contributed by atoms with Crippen LogP contribution >= 0.6 is 0 Å². The van der Waals surface area contributed by atoms with E-state index >= 15 is 0 Å². The van der Waals surface area contributed by atoms with Crippen molar-refractivity contribution in [2.24, 2.45) is 0 Å². The predicted octanol–water partition coefficient (Wildman–Crippen LogP) is 1.27. The standard InChI is InChI=1S/C14H26N2O4/c1-13(2,3)15-11(18)10-9(17)7-8-16(10)12(19)20-14(4,5)6/h9-10,17H,7-8H2,1-6H3,(H,15,18)/t9-,10+/m1/s1. The molecule has 0 aromatic carbocycles. The van der Waals surface area contributed by atoms with Gasteiger partial charge in [-0.2, -0.15) is 0 Å². The van der Waals surface area contributed by atoms with Crippen molar-refractivity contribution in [1.29, 1.82) is 0 Å². The highest BCUT2D eigenvalue weighted by Crippen LogP contribution is 2.22. The number of rotatable bonds is 1. The summed E-state index contributed by atoms with van der Waals surface area (Å²) >= 11 is 0. The Morgan fingerprint density at radius 1 is 1.20 bits per heavy atom. The third-order valence-corrected chi connectivity index (χ3v) is 2.76. The number of aliphatic hydroxyl groups excluding tert-OH is 1. The molecule has 1 heterocycles. The van der Waals surface area contributed by atoms with E-state index in [0.717, 1.165) is 0 Å². The fourth-order valence-corrected chi connectivity index (χ4v) is 2.06. The molecule has 1 saturated heterocycles. The first-order valence-corrected chi connectivity index (χ1v) is 6.90. The van der Waals surface area contributed by atoms with Gasteiger partial charge in [-0.1, -0.05) is 0 Å². The van der Waals surface area contributed by atoms with E-state index in [2.05, 4.69) is 5.32 Å². The molecule has 0 spiro atoms. The molecule has 0 aromatic heterocycles. The number of hydrogen-bond donors (Lipinski definition) is 2. The summed E-state index contributed by atoms with van der Waals surface area (Å²) in [6.45, 7) is 11.2. The second-order valence-electron chi connectivity index (χ2n) is 7.21. The maximum absolute atomic E-state index is 12.2. The maximum Gasteiger partial charge on any atom is 0.411 e. The van der Waals surface area contributed by atoms with Crippen LogP contribution in [-0.2, 0) is 9.53 Å². The molecule has 1 aliphatic rings. The lowest BCUT2D eigenvalue weighted by Crippen LogP contribution is -2.55. The molecule has 2 atom stereocenters. The summed E-state index contributed by atoms with van der Waals surface area (Å²) in [4.78, 5) is 25.6. The molecule has 0 unspecified atom stereocenters. The summed E-state index contributed by atoms with van der Waals surface area (Å²) in [5.41, 5.74) is -1.05. The molecule has 1 rings (SSSR count). The minimum atomic E-state index is -0.885. The molecule has 6 heteroatoms. The van der Waals surface area contributed by atoms with Gasteiger partial charge in [0.05, 0.1) is 6.10 Å². The van der Waals surface area contributed by atoms with E-state index < -0.39 is 29.4 Å². The number of nitrogens with zero attached hydrogens (tertiary/aromatic N) is 1. The van der Waals surface area contributed by atoms with E-state index in [1.165, 1.54) is 4.90 Å². The van der Waals surface area contributed by atoms with Gasteiger partial charge in [0, 0.05) is 12.1 Å². The Morgan fingerprint density at radius 2 is 1.75 bits per heavy atom. The largest absolute Gasteiger partial charge is 0.444 e. The number of carbonyl (C=O) groups is 2. The molecule has 2 N–H and O–H groups in total. The Kier molecular flexibility index (Phi) is 4.69. The van der Waals surface area contributed by atoms with Crippen LogP contribution in [0.25, 0.3) is 0 Å². The first kappa shape index (κ1) is 16.8. The van der Waals surface area contributed by atoms with Gasteiger partial charge in [-0.05, 0) is 48.0 Å². The van der Waals surface area contributed by atoms with E-state index in [0.29, 0.717) is 13.0 Å². The van der Waals surface area contributed by atoms with Gasteiger partial charge in [-0.25, -0.2) is 4.79 Å². The van der Waals surface area contributed by atoms with Crippen LogP contribution in [0, 0.1) is 0 Å². The number of amides is 2. The molecule has 0 radical (unpaired) electrons. The SMILES string of the molecule is CC(C)(C)NC(=O)[C@@H]1[C@H](O)CCN1C(=O)OC(C)(C)C. The van der Waals surface area contributed by atoms with Gasteiger partial charge in [0.2, 0.25) is 5.91 Å². The zero-order chi connectivity index (χ0) is 15.7. The summed E-state index contributed by atoms with van der Waals surface area (Å²) in [6.07, 6.45) is -1.05. The van der Waals surface area contributed by atoms with Gasteiger partial charge in [0.25, 0.3) is 0 Å². The summed E-state index contributed by atoms with van der Waals surface area (Å²) in [6, 6.07) is -0.885. The van der Waals surface area contributed by atoms with E-state index in [1.807, 2.05) is 20.8 Å². The quantitative estimate of drug-likeness (QED) is 0.761. The Hall–Kier alpha value is -1.30. The molecular weight excluding hydrogens is 260 g/mol. The lowest BCUT2D eigenvalue weighted by Gasteiger charge is -2.31. The fraction of sp³-hybridized carbons (Fsp3) is 0.857. The lowest BCUT2D eigenvalue weighted by atomic mass is 10.1. The number of aliphatic hydroxyl groups is 1.